The van der Waals surface area contributed by atoms with Crippen LogP contribution >= 0.6 is 12.1 Å². The minimum atomic E-state index is -0.797. The van der Waals surface area contributed by atoms with Crippen molar-refractivity contribution in [1.82, 2.24) is 14.5 Å². The lowest BCUT2D eigenvalue weighted by atomic mass is 10.1. The molecule has 2 aromatic heterocycles. The number of methoxy groups -OCH3 is 1. The molecule has 4 N–H and O–H groups in total. The monoisotopic (exact) mass is 591 g/mol. The molecule has 5 aromatic rings. The number of fused-ring (bicyclic) bond motifs is 1. The van der Waals surface area contributed by atoms with Gasteiger partial charge in [-0.3, -0.25) is 9.77 Å². The summed E-state index contributed by atoms with van der Waals surface area (Å²) in [6.07, 6.45) is 1.62. The Bertz CT molecular complexity index is 1730. The van der Waals surface area contributed by atoms with Gasteiger partial charge in [0.15, 0.2) is 0 Å². The fourth-order valence-electron chi connectivity index (χ4n) is 4.79. The zero-order valence-corrected chi connectivity index (χ0v) is 23.3. The van der Waals surface area contributed by atoms with E-state index in [1.54, 1.807) is 12.3 Å². The molecule has 0 amide bonds. The summed E-state index contributed by atoms with van der Waals surface area (Å²) in [4.78, 5) is 11.2. The number of anilines is 4. The van der Waals surface area contributed by atoms with E-state index in [-0.39, 0.29) is 17.3 Å². The van der Waals surface area contributed by atoms with E-state index in [1.165, 1.54) is 13.2 Å². The van der Waals surface area contributed by atoms with Crippen LogP contribution < -0.4 is 24.6 Å². The summed E-state index contributed by atoms with van der Waals surface area (Å²) in [6, 6.07) is 18.6. The van der Waals surface area contributed by atoms with Crippen molar-refractivity contribution >= 4 is 46.2 Å². The van der Waals surface area contributed by atoms with Crippen molar-refractivity contribution in [2.45, 2.75) is 0 Å². The topological polar surface area (TPSA) is 114 Å². The number of hydrogen-bond donors (Lipinski definition) is 3. The maximum absolute atomic E-state index is 14.0. The van der Waals surface area contributed by atoms with Crippen molar-refractivity contribution in [3.63, 3.8) is 0 Å². The van der Waals surface area contributed by atoms with E-state index in [9.17, 15) is 14.0 Å². The van der Waals surface area contributed by atoms with Crippen molar-refractivity contribution in [3.8, 4) is 22.7 Å². The van der Waals surface area contributed by atoms with Crippen LogP contribution in [-0.2, 0) is 4.74 Å². The van der Waals surface area contributed by atoms with Crippen LogP contribution in [0.25, 0.3) is 27.8 Å². The molecule has 1 saturated heterocycles. The number of nitrogens with one attached hydrogen (secondary N) is 1. The minimum Gasteiger partial charge on any atom is -0.479 e. The van der Waals surface area contributed by atoms with Crippen LogP contribution in [0.3, 0.4) is 0 Å². The van der Waals surface area contributed by atoms with Crippen LogP contribution in [0.4, 0.5) is 31.8 Å². The Hall–Kier alpha value is -4.59. The Morgan fingerprint density at radius 1 is 1.00 bits per heavy atom. The van der Waals surface area contributed by atoms with Gasteiger partial charge in [-0.15, -0.1) is 0 Å². The minimum absolute atomic E-state index is 0.00203. The smallest absolute Gasteiger partial charge is 0.240 e. The van der Waals surface area contributed by atoms with Crippen molar-refractivity contribution in [2.24, 2.45) is 0 Å². The van der Waals surface area contributed by atoms with E-state index in [0.717, 1.165) is 57.7 Å². The van der Waals surface area contributed by atoms with Gasteiger partial charge in [0.05, 0.1) is 49.2 Å². The zero-order valence-electron chi connectivity index (χ0n) is 22.5. The van der Waals surface area contributed by atoms with Gasteiger partial charge in [-0.1, -0.05) is 6.07 Å². The standard InChI is InChI=1S/C29H27F2N7O3S/c1-40-28-27(38(39)42-35-24-9-3-20(30)16-23(24)31)15-19(17-33-28)18-2-8-25-26(14-18)37(29(32)34-25)22-6-4-21(5-7-22)36-10-12-41-13-11-36/h2-9,14-17,35,39H,10-13H2,1H3,(H2,32,34). The second-order valence-corrected chi connectivity index (χ2v) is 10.2. The van der Waals surface area contributed by atoms with Crippen LogP contribution in [0.2, 0.25) is 0 Å². The average molecular weight is 592 g/mol. The number of ether oxygens (including phenoxy) is 2. The zero-order chi connectivity index (χ0) is 29.2. The van der Waals surface area contributed by atoms with Gasteiger partial charge in [0, 0.05) is 42.3 Å². The Morgan fingerprint density at radius 2 is 1.76 bits per heavy atom. The molecule has 1 fully saturated rings. The summed E-state index contributed by atoms with van der Waals surface area (Å²) in [7, 11) is 1.43. The van der Waals surface area contributed by atoms with E-state index >= 15 is 0 Å². The van der Waals surface area contributed by atoms with Gasteiger partial charge in [-0.2, -0.15) is 4.47 Å². The quantitative estimate of drug-likeness (QED) is 0.154. The molecule has 42 heavy (non-hydrogen) atoms. The largest absolute Gasteiger partial charge is 0.479 e. The van der Waals surface area contributed by atoms with Crippen LogP contribution in [0.5, 0.6) is 5.88 Å². The van der Waals surface area contributed by atoms with E-state index in [4.69, 9.17) is 15.2 Å². The predicted molar refractivity (Wildman–Crippen MR) is 160 cm³/mol. The number of benzene rings is 3. The molecule has 216 valence electrons. The number of halogens is 2. The number of nitrogens with zero attached hydrogens (tertiary/aromatic N) is 5. The SMILES string of the molecule is COc1ncc(-c2ccc3nc(N)n(-c4ccc(N5CCOCC5)cc4)c3c2)cc1N(O)SNc1ccc(F)cc1F. The second kappa shape index (κ2) is 11.7. The lowest BCUT2D eigenvalue weighted by Crippen LogP contribution is -2.36. The average Bonchev–Trinajstić information content (AvgIpc) is 3.35. The summed E-state index contributed by atoms with van der Waals surface area (Å²) >= 11 is 0.668. The number of hydrogen-bond acceptors (Lipinski definition) is 10. The third kappa shape index (κ3) is 5.49. The molecule has 0 unspecified atom stereocenters. The fraction of sp³-hybridized carbons (Fsp3) is 0.172. The first-order valence-electron chi connectivity index (χ1n) is 13.0. The molecular weight excluding hydrogens is 564 g/mol. The number of pyridine rings is 1. The van der Waals surface area contributed by atoms with Gasteiger partial charge in [0.2, 0.25) is 11.8 Å². The molecule has 0 radical (unpaired) electrons. The first kappa shape index (κ1) is 27.6. The second-order valence-electron chi connectivity index (χ2n) is 9.47. The maximum Gasteiger partial charge on any atom is 0.240 e. The van der Waals surface area contributed by atoms with Gasteiger partial charge in [-0.25, -0.2) is 18.7 Å². The van der Waals surface area contributed by atoms with E-state index in [2.05, 4.69) is 31.7 Å². The summed E-state index contributed by atoms with van der Waals surface area (Å²) in [6.45, 7) is 3.11. The highest BCUT2D eigenvalue weighted by Gasteiger charge is 2.18. The van der Waals surface area contributed by atoms with Gasteiger partial charge >= 0.3 is 0 Å². The number of nitrogen functional groups attached to an aromatic ring is 1. The van der Waals surface area contributed by atoms with Crippen LogP contribution in [0.1, 0.15) is 0 Å². The van der Waals surface area contributed by atoms with Gasteiger partial charge < -0.3 is 24.8 Å². The molecule has 1 aliphatic heterocycles. The fourth-order valence-corrected chi connectivity index (χ4v) is 5.37. The van der Waals surface area contributed by atoms with E-state index in [1.807, 2.05) is 34.9 Å². The highest BCUT2D eigenvalue weighted by molar-refractivity contribution is 8.01. The van der Waals surface area contributed by atoms with Crippen LogP contribution in [0, 0.1) is 11.6 Å². The Morgan fingerprint density at radius 3 is 2.50 bits per heavy atom. The molecule has 0 aliphatic carbocycles. The molecular formula is C29H27F2N7O3S. The third-order valence-electron chi connectivity index (χ3n) is 6.90. The Labute approximate surface area is 244 Å². The van der Waals surface area contributed by atoms with Crippen LogP contribution in [0.15, 0.2) is 72.9 Å². The van der Waals surface area contributed by atoms with Crippen LogP contribution in [-0.4, -0.2) is 53.2 Å². The molecule has 0 bridgehead atoms. The third-order valence-corrected chi connectivity index (χ3v) is 7.58. The van der Waals surface area contributed by atoms with E-state index in [0.29, 0.717) is 36.9 Å². The molecule has 6 rings (SSSR count). The predicted octanol–water partition coefficient (Wildman–Crippen LogP) is 5.66. The lowest BCUT2D eigenvalue weighted by molar-refractivity contribution is 0.122. The maximum atomic E-state index is 14.0. The van der Waals surface area contributed by atoms with Crippen molar-refractivity contribution < 1.29 is 23.5 Å². The van der Waals surface area contributed by atoms with Crippen molar-refractivity contribution in [3.05, 3.63) is 84.6 Å². The van der Waals surface area contributed by atoms with Crippen molar-refractivity contribution in [1.29, 1.82) is 0 Å². The molecule has 10 nitrogen and oxygen atoms in total. The van der Waals surface area contributed by atoms with Gasteiger partial charge in [-0.05, 0) is 60.2 Å². The summed E-state index contributed by atoms with van der Waals surface area (Å²) in [5, 5.41) is 10.8. The number of imidazole rings is 1. The highest BCUT2D eigenvalue weighted by Crippen LogP contribution is 2.36. The number of aromatic nitrogens is 3. The first-order valence-corrected chi connectivity index (χ1v) is 13.8. The lowest BCUT2D eigenvalue weighted by Gasteiger charge is -2.29. The first-order chi connectivity index (χ1) is 20.4. The molecule has 1 aliphatic rings. The Balaban J connectivity index is 1.29. The molecule has 0 spiro atoms. The Kier molecular flexibility index (Phi) is 7.69. The molecule has 0 atom stereocenters. The summed E-state index contributed by atoms with van der Waals surface area (Å²) in [5.41, 5.74) is 11.5. The van der Waals surface area contributed by atoms with Crippen molar-refractivity contribution in [2.75, 3.05) is 53.2 Å². The number of rotatable bonds is 8. The summed E-state index contributed by atoms with van der Waals surface area (Å²) in [5.74, 6) is -1.00. The molecule has 3 aromatic carbocycles. The van der Waals surface area contributed by atoms with Gasteiger partial charge in [0.25, 0.3) is 0 Å². The number of nitrogens with two attached hydrogens (primary N) is 1. The van der Waals surface area contributed by atoms with E-state index < -0.39 is 11.6 Å². The molecule has 0 saturated carbocycles. The van der Waals surface area contributed by atoms with Gasteiger partial charge in [0.1, 0.15) is 17.3 Å². The summed E-state index contributed by atoms with van der Waals surface area (Å²) < 4.78 is 43.4. The molecule has 3 heterocycles. The molecule has 13 heteroatoms. The highest BCUT2D eigenvalue weighted by atomic mass is 32.2. The normalized spacial score (nSPS) is 13.4. The number of morpholine rings is 1.